The molecule has 0 bridgehead atoms. The number of halogens is 3. The van der Waals surface area contributed by atoms with Crippen LogP contribution in [-0.4, -0.2) is 0 Å². The van der Waals surface area contributed by atoms with Crippen molar-refractivity contribution < 1.29 is 17.9 Å². The minimum absolute atomic E-state index is 0.0514. The van der Waals surface area contributed by atoms with E-state index in [-0.39, 0.29) is 18.9 Å². The molecular formula is C14H12F3NO. The summed E-state index contributed by atoms with van der Waals surface area (Å²) in [6.45, 7) is 0.270. The van der Waals surface area contributed by atoms with E-state index in [0.717, 1.165) is 12.1 Å². The molecule has 0 fully saturated rings. The Morgan fingerprint density at radius 3 is 2.32 bits per heavy atom. The van der Waals surface area contributed by atoms with Crippen LogP contribution in [0.15, 0.2) is 36.4 Å². The van der Waals surface area contributed by atoms with E-state index < -0.39 is 17.5 Å². The summed E-state index contributed by atoms with van der Waals surface area (Å²) in [5, 5.41) is 0. The van der Waals surface area contributed by atoms with Crippen molar-refractivity contribution in [1.82, 2.24) is 0 Å². The third-order valence-corrected chi connectivity index (χ3v) is 2.55. The Bertz CT molecular complexity index is 587. The summed E-state index contributed by atoms with van der Waals surface area (Å²) in [7, 11) is 0. The zero-order valence-electron chi connectivity index (χ0n) is 10.00. The molecule has 2 rings (SSSR count). The first kappa shape index (κ1) is 13.4. The van der Waals surface area contributed by atoms with Crippen molar-refractivity contribution in [3.8, 4) is 5.75 Å². The normalized spacial score (nSPS) is 10.5. The number of hydrogen-bond donors (Lipinski definition) is 1. The van der Waals surface area contributed by atoms with Gasteiger partial charge in [-0.1, -0.05) is 6.07 Å². The van der Waals surface area contributed by atoms with Crippen LogP contribution < -0.4 is 10.5 Å². The van der Waals surface area contributed by atoms with Crippen molar-refractivity contribution in [2.24, 2.45) is 5.73 Å². The smallest absolute Gasteiger partial charge is 0.162 e. The van der Waals surface area contributed by atoms with Gasteiger partial charge in [0.15, 0.2) is 11.6 Å². The molecule has 0 aliphatic rings. The van der Waals surface area contributed by atoms with Crippen molar-refractivity contribution in [2.75, 3.05) is 0 Å². The molecule has 0 spiro atoms. The highest BCUT2D eigenvalue weighted by atomic mass is 19.2. The molecule has 19 heavy (non-hydrogen) atoms. The van der Waals surface area contributed by atoms with Gasteiger partial charge in [-0.2, -0.15) is 0 Å². The van der Waals surface area contributed by atoms with Crippen LogP contribution in [0.3, 0.4) is 0 Å². The van der Waals surface area contributed by atoms with Crippen molar-refractivity contribution >= 4 is 0 Å². The Morgan fingerprint density at radius 2 is 1.63 bits per heavy atom. The van der Waals surface area contributed by atoms with Crippen LogP contribution in [0, 0.1) is 17.5 Å². The van der Waals surface area contributed by atoms with Crippen LogP contribution in [0.5, 0.6) is 5.75 Å². The Morgan fingerprint density at radius 1 is 0.895 bits per heavy atom. The Balaban J connectivity index is 2.09. The van der Waals surface area contributed by atoms with Crippen LogP contribution in [0.25, 0.3) is 0 Å². The second-order valence-electron chi connectivity index (χ2n) is 4.04. The van der Waals surface area contributed by atoms with Gasteiger partial charge in [0, 0.05) is 12.6 Å². The largest absolute Gasteiger partial charge is 0.489 e. The maximum atomic E-state index is 13.2. The average molecular weight is 267 g/mol. The van der Waals surface area contributed by atoms with Gasteiger partial charge in [0.25, 0.3) is 0 Å². The van der Waals surface area contributed by atoms with Crippen molar-refractivity contribution in [3.05, 3.63) is 65.0 Å². The van der Waals surface area contributed by atoms with Gasteiger partial charge in [0.2, 0.25) is 0 Å². The van der Waals surface area contributed by atoms with Gasteiger partial charge in [-0.05, 0) is 35.4 Å². The summed E-state index contributed by atoms with van der Waals surface area (Å²) in [5.41, 5.74) is 6.65. The first-order chi connectivity index (χ1) is 9.08. The third-order valence-electron chi connectivity index (χ3n) is 2.55. The summed E-state index contributed by atoms with van der Waals surface area (Å²) in [6, 6.07) is 7.56. The molecule has 0 saturated carbocycles. The predicted octanol–water partition coefficient (Wildman–Crippen LogP) is 3.14. The summed E-state index contributed by atoms with van der Waals surface area (Å²) < 4.78 is 44.2. The molecule has 2 nitrogen and oxygen atoms in total. The van der Waals surface area contributed by atoms with Gasteiger partial charge >= 0.3 is 0 Å². The summed E-state index contributed by atoms with van der Waals surface area (Å²) in [4.78, 5) is 0. The maximum Gasteiger partial charge on any atom is 0.162 e. The van der Waals surface area contributed by atoms with Gasteiger partial charge in [0.1, 0.15) is 18.2 Å². The van der Waals surface area contributed by atoms with E-state index in [0.29, 0.717) is 11.1 Å². The van der Waals surface area contributed by atoms with Gasteiger partial charge in [-0.15, -0.1) is 0 Å². The summed E-state index contributed by atoms with van der Waals surface area (Å²) >= 11 is 0. The number of benzene rings is 2. The molecule has 2 aromatic rings. The highest BCUT2D eigenvalue weighted by Crippen LogP contribution is 2.17. The van der Waals surface area contributed by atoms with Gasteiger partial charge in [0.05, 0.1) is 0 Å². The van der Waals surface area contributed by atoms with E-state index in [4.69, 9.17) is 10.5 Å². The zero-order chi connectivity index (χ0) is 13.8. The highest BCUT2D eigenvalue weighted by Gasteiger charge is 2.05. The molecule has 0 radical (unpaired) electrons. The second kappa shape index (κ2) is 5.75. The van der Waals surface area contributed by atoms with Crippen LogP contribution in [0.2, 0.25) is 0 Å². The molecule has 0 amide bonds. The number of nitrogens with two attached hydrogens (primary N) is 1. The van der Waals surface area contributed by atoms with Crippen LogP contribution in [-0.2, 0) is 13.2 Å². The first-order valence-corrected chi connectivity index (χ1v) is 5.65. The molecule has 0 atom stereocenters. The Hall–Kier alpha value is -2.01. The zero-order valence-corrected chi connectivity index (χ0v) is 10.00. The van der Waals surface area contributed by atoms with Crippen molar-refractivity contribution in [3.63, 3.8) is 0 Å². The average Bonchev–Trinajstić information content (AvgIpc) is 2.39. The fourth-order valence-corrected chi connectivity index (χ4v) is 1.65. The summed E-state index contributed by atoms with van der Waals surface area (Å²) in [5.74, 6) is -2.16. The minimum Gasteiger partial charge on any atom is -0.489 e. The van der Waals surface area contributed by atoms with Gasteiger partial charge < -0.3 is 10.5 Å². The van der Waals surface area contributed by atoms with Gasteiger partial charge in [-0.3, -0.25) is 0 Å². The number of ether oxygens (including phenoxy) is 1. The predicted molar refractivity (Wildman–Crippen MR) is 65.0 cm³/mol. The fraction of sp³-hybridized carbons (Fsp3) is 0.143. The topological polar surface area (TPSA) is 35.2 Å². The molecule has 0 aromatic heterocycles. The van der Waals surface area contributed by atoms with Crippen LogP contribution in [0.1, 0.15) is 11.1 Å². The molecule has 5 heteroatoms. The Labute approximate surface area is 108 Å². The van der Waals surface area contributed by atoms with E-state index >= 15 is 0 Å². The molecular weight excluding hydrogens is 255 g/mol. The third kappa shape index (κ3) is 3.48. The maximum absolute atomic E-state index is 13.2. The molecule has 0 heterocycles. The lowest BCUT2D eigenvalue weighted by Crippen LogP contribution is -2.01. The van der Waals surface area contributed by atoms with Crippen LogP contribution in [0.4, 0.5) is 13.2 Å². The lowest BCUT2D eigenvalue weighted by atomic mass is 10.1. The van der Waals surface area contributed by atoms with E-state index in [1.807, 2.05) is 0 Å². The second-order valence-corrected chi connectivity index (χ2v) is 4.04. The summed E-state index contributed by atoms with van der Waals surface area (Å²) in [6.07, 6.45) is 0. The van der Waals surface area contributed by atoms with Crippen molar-refractivity contribution in [2.45, 2.75) is 13.2 Å². The highest BCUT2D eigenvalue weighted by molar-refractivity contribution is 5.27. The monoisotopic (exact) mass is 267 g/mol. The number of rotatable bonds is 4. The molecule has 0 saturated heterocycles. The molecule has 100 valence electrons. The lowest BCUT2D eigenvalue weighted by molar-refractivity contribution is 0.302. The molecule has 0 aliphatic carbocycles. The standard InChI is InChI=1S/C14H12F3NO/c15-11-4-9(7-18)3-10(5-11)8-19-12-1-2-13(16)14(17)6-12/h1-6H,7-8,18H2. The molecule has 0 unspecified atom stereocenters. The lowest BCUT2D eigenvalue weighted by Gasteiger charge is -2.08. The minimum atomic E-state index is -0.987. The van der Waals surface area contributed by atoms with E-state index in [1.54, 1.807) is 6.07 Å². The molecule has 2 aromatic carbocycles. The van der Waals surface area contributed by atoms with Crippen LogP contribution >= 0.6 is 0 Å². The SMILES string of the molecule is NCc1cc(F)cc(COc2ccc(F)c(F)c2)c1. The van der Waals surface area contributed by atoms with E-state index in [9.17, 15) is 13.2 Å². The van der Waals surface area contributed by atoms with Gasteiger partial charge in [-0.25, -0.2) is 13.2 Å². The number of hydrogen-bond acceptors (Lipinski definition) is 2. The fourth-order valence-electron chi connectivity index (χ4n) is 1.65. The molecule has 0 aliphatic heterocycles. The van der Waals surface area contributed by atoms with E-state index in [2.05, 4.69) is 0 Å². The quantitative estimate of drug-likeness (QED) is 0.923. The van der Waals surface area contributed by atoms with E-state index in [1.165, 1.54) is 18.2 Å². The Kier molecular flexibility index (Phi) is 4.06. The van der Waals surface area contributed by atoms with Crippen molar-refractivity contribution in [1.29, 1.82) is 0 Å². The molecule has 2 N–H and O–H groups in total. The first-order valence-electron chi connectivity index (χ1n) is 5.65.